The minimum absolute atomic E-state index is 0.728. The summed E-state index contributed by atoms with van der Waals surface area (Å²) in [6.45, 7) is 6.89. The number of rotatable bonds is 4. The van der Waals surface area contributed by atoms with Gasteiger partial charge in [-0.15, -0.1) is 0 Å². The van der Waals surface area contributed by atoms with Crippen LogP contribution < -0.4 is 0 Å². The van der Waals surface area contributed by atoms with Crippen molar-refractivity contribution in [2.24, 2.45) is 11.8 Å². The Morgan fingerprint density at radius 1 is 0.944 bits per heavy atom. The molecule has 0 saturated carbocycles. The van der Waals surface area contributed by atoms with Crippen LogP contribution >= 0.6 is 0 Å². The highest BCUT2D eigenvalue weighted by atomic mass is 14.7. The van der Waals surface area contributed by atoms with Gasteiger partial charge in [0, 0.05) is 11.8 Å². The van der Waals surface area contributed by atoms with Crippen molar-refractivity contribution in [1.29, 1.82) is 0 Å². The van der Waals surface area contributed by atoms with E-state index in [2.05, 4.69) is 50.0 Å². The molecule has 1 nitrogen and oxygen atoms in total. The molecule has 0 aliphatic rings. The van der Waals surface area contributed by atoms with Gasteiger partial charge in [0.1, 0.15) is 0 Å². The lowest BCUT2D eigenvalue weighted by atomic mass is 9.91. The molecule has 0 N–H and O–H groups in total. The van der Waals surface area contributed by atoms with Crippen LogP contribution in [0, 0.1) is 11.8 Å². The number of aromatic nitrogens is 1. The minimum atomic E-state index is 0.728. The van der Waals surface area contributed by atoms with Gasteiger partial charge in [0.25, 0.3) is 0 Å². The molecule has 0 saturated heterocycles. The van der Waals surface area contributed by atoms with Gasteiger partial charge in [0.15, 0.2) is 0 Å². The molecular formula is C17H21N. The largest absolute Gasteiger partial charge is 0.256 e. The first-order valence-corrected chi connectivity index (χ1v) is 6.67. The summed E-state index contributed by atoms with van der Waals surface area (Å²) in [5, 5.41) is 0. The molecule has 1 atom stereocenters. The molecule has 0 bridgehead atoms. The highest BCUT2D eigenvalue weighted by Crippen LogP contribution is 2.20. The third-order valence-corrected chi connectivity index (χ3v) is 3.61. The van der Waals surface area contributed by atoms with Crippen LogP contribution in [0.25, 0.3) is 11.3 Å². The molecule has 0 radical (unpaired) electrons. The summed E-state index contributed by atoms with van der Waals surface area (Å²) in [6.07, 6.45) is 2.99. The Labute approximate surface area is 110 Å². The van der Waals surface area contributed by atoms with E-state index in [-0.39, 0.29) is 0 Å². The van der Waals surface area contributed by atoms with Gasteiger partial charge in [0.2, 0.25) is 0 Å². The topological polar surface area (TPSA) is 12.9 Å². The second-order valence-corrected chi connectivity index (χ2v) is 5.34. The van der Waals surface area contributed by atoms with Crippen LogP contribution in [0.5, 0.6) is 0 Å². The molecule has 1 heteroatoms. The Morgan fingerprint density at radius 2 is 1.67 bits per heavy atom. The lowest BCUT2D eigenvalue weighted by molar-refractivity contribution is 0.417. The van der Waals surface area contributed by atoms with E-state index < -0.39 is 0 Å². The van der Waals surface area contributed by atoms with Crippen LogP contribution in [0.2, 0.25) is 0 Å². The SMILES string of the molecule is CC(C)C(C)Cc1ccc(-c2ccccn2)cc1. The molecule has 1 unspecified atom stereocenters. The normalized spacial score (nSPS) is 12.7. The zero-order valence-corrected chi connectivity index (χ0v) is 11.4. The van der Waals surface area contributed by atoms with E-state index in [0.29, 0.717) is 0 Å². The highest BCUT2D eigenvalue weighted by Gasteiger charge is 2.08. The maximum Gasteiger partial charge on any atom is 0.0701 e. The van der Waals surface area contributed by atoms with Crippen molar-refractivity contribution in [1.82, 2.24) is 4.98 Å². The second kappa shape index (κ2) is 5.81. The Bertz CT molecular complexity index is 471. The van der Waals surface area contributed by atoms with Gasteiger partial charge < -0.3 is 0 Å². The Balaban J connectivity index is 2.11. The van der Waals surface area contributed by atoms with Crippen molar-refractivity contribution in [2.45, 2.75) is 27.2 Å². The molecule has 0 spiro atoms. The molecule has 2 aromatic rings. The van der Waals surface area contributed by atoms with Gasteiger partial charge in [0.05, 0.1) is 5.69 Å². The van der Waals surface area contributed by atoms with Crippen LogP contribution in [0.4, 0.5) is 0 Å². The monoisotopic (exact) mass is 239 g/mol. The van der Waals surface area contributed by atoms with Gasteiger partial charge in [-0.2, -0.15) is 0 Å². The summed E-state index contributed by atoms with van der Waals surface area (Å²) in [7, 11) is 0. The van der Waals surface area contributed by atoms with Crippen LogP contribution in [0.1, 0.15) is 26.3 Å². The lowest BCUT2D eigenvalue weighted by Crippen LogP contribution is -2.07. The summed E-state index contributed by atoms with van der Waals surface area (Å²) in [6, 6.07) is 14.8. The Hall–Kier alpha value is -1.63. The van der Waals surface area contributed by atoms with Crippen LogP contribution in [0.15, 0.2) is 48.7 Å². The molecule has 94 valence electrons. The van der Waals surface area contributed by atoms with Crippen molar-refractivity contribution in [2.75, 3.05) is 0 Å². The Morgan fingerprint density at radius 3 is 2.22 bits per heavy atom. The fraction of sp³-hybridized carbons (Fsp3) is 0.353. The van der Waals surface area contributed by atoms with Crippen LogP contribution in [-0.2, 0) is 6.42 Å². The zero-order chi connectivity index (χ0) is 13.0. The van der Waals surface area contributed by atoms with Crippen LogP contribution in [0.3, 0.4) is 0 Å². The first-order valence-electron chi connectivity index (χ1n) is 6.67. The van der Waals surface area contributed by atoms with Crippen molar-refractivity contribution >= 4 is 0 Å². The molecule has 18 heavy (non-hydrogen) atoms. The summed E-state index contributed by atoms with van der Waals surface area (Å²) in [5.74, 6) is 1.46. The summed E-state index contributed by atoms with van der Waals surface area (Å²) in [4.78, 5) is 4.37. The zero-order valence-electron chi connectivity index (χ0n) is 11.4. The molecule has 1 aromatic carbocycles. The van der Waals surface area contributed by atoms with E-state index in [9.17, 15) is 0 Å². The average Bonchev–Trinajstić information content (AvgIpc) is 2.40. The molecule has 0 amide bonds. The van der Waals surface area contributed by atoms with E-state index in [1.807, 2.05) is 24.4 Å². The van der Waals surface area contributed by atoms with Crippen molar-refractivity contribution in [3.05, 3.63) is 54.2 Å². The maximum atomic E-state index is 4.37. The number of pyridine rings is 1. The molecule has 1 heterocycles. The number of benzene rings is 1. The van der Waals surface area contributed by atoms with Gasteiger partial charge >= 0.3 is 0 Å². The van der Waals surface area contributed by atoms with E-state index in [1.165, 1.54) is 11.1 Å². The summed E-state index contributed by atoms with van der Waals surface area (Å²) in [5.41, 5.74) is 3.65. The van der Waals surface area contributed by atoms with Gasteiger partial charge in [-0.05, 0) is 36.0 Å². The lowest BCUT2D eigenvalue weighted by Gasteiger charge is -2.15. The third-order valence-electron chi connectivity index (χ3n) is 3.61. The predicted octanol–water partition coefficient (Wildman–Crippen LogP) is 4.58. The number of hydrogen-bond acceptors (Lipinski definition) is 1. The van der Waals surface area contributed by atoms with E-state index in [4.69, 9.17) is 0 Å². The fourth-order valence-corrected chi connectivity index (χ4v) is 1.95. The van der Waals surface area contributed by atoms with Crippen molar-refractivity contribution in [3.63, 3.8) is 0 Å². The summed E-state index contributed by atoms with van der Waals surface area (Å²) >= 11 is 0. The summed E-state index contributed by atoms with van der Waals surface area (Å²) < 4.78 is 0. The quantitative estimate of drug-likeness (QED) is 0.760. The number of nitrogens with zero attached hydrogens (tertiary/aromatic N) is 1. The molecule has 0 fully saturated rings. The van der Waals surface area contributed by atoms with E-state index in [1.54, 1.807) is 0 Å². The van der Waals surface area contributed by atoms with Gasteiger partial charge in [-0.25, -0.2) is 0 Å². The van der Waals surface area contributed by atoms with Gasteiger partial charge in [-0.1, -0.05) is 51.1 Å². The second-order valence-electron chi connectivity index (χ2n) is 5.34. The Kier molecular flexibility index (Phi) is 4.14. The maximum absolute atomic E-state index is 4.37. The number of hydrogen-bond donors (Lipinski definition) is 0. The molecule has 0 aliphatic carbocycles. The van der Waals surface area contributed by atoms with Gasteiger partial charge in [-0.3, -0.25) is 4.98 Å². The molecule has 1 aromatic heterocycles. The standard InChI is InChI=1S/C17H21N/c1-13(2)14(3)12-15-7-9-16(10-8-15)17-6-4-5-11-18-17/h4-11,13-14H,12H2,1-3H3. The van der Waals surface area contributed by atoms with E-state index >= 15 is 0 Å². The minimum Gasteiger partial charge on any atom is -0.256 e. The predicted molar refractivity (Wildman–Crippen MR) is 77.4 cm³/mol. The smallest absolute Gasteiger partial charge is 0.0701 e. The molecular weight excluding hydrogens is 218 g/mol. The molecule has 0 aliphatic heterocycles. The third kappa shape index (κ3) is 3.19. The van der Waals surface area contributed by atoms with Crippen molar-refractivity contribution < 1.29 is 0 Å². The highest BCUT2D eigenvalue weighted by molar-refractivity contribution is 5.58. The average molecular weight is 239 g/mol. The van der Waals surface area contributed by atoms with E-state index in [0.717, 1.165) is 24.0 Å². The molecule has 2 rings (SSSR count). The first-order chi connectivity index (χ1) is 8.66. The fourth-order valence-electron chi connectivity index (χ4n) is 1.95. The van der Waals surface area contributed by atoms with Crippen molar-refractivity contribution in [3.8, 4) is 11.3 Å². The first kappa shape index (κ1) is 12.8. The van der Waals surface area contributed by atoms with Crippen LogP contribution in [-0.4, -0.2) is 4.98 Å².